The van der Waals surface area contributed by atoms with Crippen molar-refractivity contribution in [1.82, 2.24) is 25.3 Å². The maximum Gasteiger partial charge on any atom is 0.320 e. The van der Waals surface area contributed by atoms with Crippen LogP contribution >= 0.6 is 0 Å². The standard InChI is InChI=1S/C28H40N6O4/c1-20(8-10-30-27(37)21-4-6-22(7-5-21)31-16-11-29-12-17-31)18-25(36)33-15-9-23-26(33)24(35)19-34(23)28(38)32-13-2-3-14-32/h4-7,20,23,26,29H,2-3,8-19H2,1H3,(H,30,37). The highest BCUT2D eigenvalue weighted by molar-refractivity contribution is 5.97. The Bertz CT molecular complexity index is 1030. The van der Waals surface area contributed by atoms with E-state index in [4.69, 9.17) is 0 Å². The summed E-state index contributed by atoms with van der Waals surface area (Å²) in [5, 5.41) is 6.31. The second kappa shape index (κ2) is 11.7. The normalized spacial score (nSPS) is 24.1. The van der Waals surface area contributed by atoms with Crippen molar-refractivity contribution in [3.05, 3.63) is 29.8 Å². The highest BCUT2D eigenvalue weighted by atomic mass is 16.2. The van der Waals surface area contributed by atoms with E-state index in [9.17, 15) is 19.2 Å². The van der Waals surface area contributed by atoms with Gasteiger partial charge in [-0.3, -0.25) is 14.4 Å². The molecule has 3 atom stereocenters. The Morgan fingerprint density at radius 2 is 1.71 bits per heavy atom. The Morgan fingerprint density at radius 1 is 1.00 bits per heavy atom. The van der Waals surface area contributed by atoms with Gasteiger partial charge in [-0.2, -0.15) is 0 Å². The molecule has 1 aromatic carbocycles. The van der Waals surface area contributed by atoms with Gasteiger partial charge in [0.05, 0.1) is 12.6 Å². The summed E-state index contributed by atoms with van der Waals surface area (Å²) in [5.74, 6) is -0.118. The molecule has 4 aliphatic rings. The predicted octanol–water partition coefficient (Wildman–Crippen LogP) is 1.31. The second-order valence-electron chi connectivity index (χ2n) is 11.1. The summed E-state index contributed by atoms with van der Waals surface area (Å²) in [6, 6.07) is 6.95. The molecule has 4 heterocycles. The lowest BCUT2D eigenvalue weighted by Gasteiger charge is -2.29. The predicted molar refractivity (Wildman–Crippen MR) is 144 cm³/mol. The molecule has 1 aromatic rings. The largest absolute Gasteiger partial charge is 0.369 e. The average Bonchev–Trinajstić information content (AvgIpc) is 3.68. The van der Waals surface area contributed by atoms with Crippen molar-refractivity contribution >= 4 is 29.3 Å². The van der Waals surface area contributed by atoms with Crippen LogP contribution in [0, 0.1) is 5.92 Å². The number of urea groups is 1. The summed E-state index contributed by atoms with van der Waals surface area (Å²) < 4.78 is 0. The first kappa shape index (κ1) is 26.5. The molecule has 2 N–H and O–H groups in total. The van der Waals surface area contributed by atoms with Crippen molar-refractivity contribution in [3.8, 4) is 0 Å². The molecule has 4 aliphatic heterocycles. The van der Waals surface area contributed by atoms with Crippen LogP contribution in [-0.2, 0) is 9.59 Å². The van der Waals surface area contributed by atoms with E-state index in [1.54, 1.807) is 9.80 Å². The number of carbonyl (C=O) groups is 4. The maximum atomic E-state index is 13.1. The average molecular weight is 525 g/mol. The number of carbonyl (C=O) groups excluding carboxylic acids is 4. The molecule has 10 heteroatoms. The monoisotopic (exact) mass is 524 g/mol. The van der Waals surface area contributed by atoms with Crippen LogP contribution in [0.5, 0.6) is 0 Å². The zero-order chi connectivity index (χ0) is 26.6. The number of nitrogens with zero attached hydrogens (tertiary/aromatic N) is 4. The first-order valence-corrected chi connectivity index (χ1v) is 14.1. The highest BCUT2D eigenvalue weighted by Gasteiger charge is 2.52. The molecule has 10 nitrogen and oxygen atoms in total. The fourth-order valence-corrected chi connectivity index (χ4v) is 6.25. The van der Waals surface area contributed by atoms with Gasteiger partial charge in [0.15, 0.2) is 5.78 Å². The lowest BCUT2D eigenvalue weighted by Crippen LogP contribution is -2.46. The van der Waals surface area contributed by atoms with E-state index in [-0.39, 0.29) is 42.1 Å². The molecule has 5 rings (SSSR count). The molecule has 206 valence electrons. The van der Waals surface area contributed by atoms with Crippen molar-refractivity contribution in [2.24, 2.45) is 5.92 Å². The number of nitrogens with one attached hydrogen (secondary N) is 2. The smallest absolute Gasteiger partial charge is 0.320 e. The molecular formula is C28H40N6O4. The van der Waals surface area contributed by atoms with Gasteiger partial charge in [-0.15, -0.1) is 0 Å². The minimum absolute atomic E-state index is 0.0312. The van der Waals surface area contributed by atoms with Crippen molar-refractivity contribution in [3.63, 3.8) is 0 Å². The van der Waals surface area contributed by atoms with Crippen LogP contribution in [0.2, 0.25) is 0 Å². The van der Waals surface area contributed by atoms with Crippen LogP contribution in [0.3, 0.4) is 0 Å². The molecular weight excluding hydrogens is 484 g/mol. The Morgan fingerprint density at radius 3 is 2.42 bits per heavy atom. The van der Waals surface area contributed by atoms with Gasteiger partial charge < -0.3 is 30.2 Å². The third-order valence-electron chi connectivity index (χ3n) is 8.42. The number of hydrogen-bond acceptors (Lipinski definition) is 6. The van der Waals surface area contributed by atoms with Crippen LogP contribution in [0.1, 0.15) is 49.4 Å². The van der Waals surface area contributed by atoms with Crippen LogP contribution in [0.25, 0.3) is 0 Å². The number of benzene rings is 1. The van der Waals surface area contributed by atoms with Gasteiger partial charge in [0.1, 0.15) is 6.04 Å². The number of hydrogen-bond donors (Lipinski definition) is 2. The van der Waals surface area contributed by atoms with E-state index >= 15 is 0 Å². The molecule has 38 heavy (non-hydrogen) atoms. The number of anilines is 1. The Balaban J connectivity index is 1.06. The molecule has 0 bridgehead atoms. The van der Waals surface area contributed by atoms with Crippen LogP contribution in [-0.4, -0.2) is 109 Å². The van der Waals surface area contributed by atoms with Gasteiger partial charge in [0, 0.05) is 70.0 Å². The SMILES string of the molecule is CC(CCNC(=O)c1ccc(N2CCNCC2)cc1)CC(=O)N1CCC2C1C(=O)CN2C(=O)N1CCCC1. The van der Waals surface area contributed by atoms with E-state index in [2.05, 4.69) is 15.5 Å². The summed E-state index contributed by atoms with van der Waals surface area (Å²) >= 11 is 0. The Labute approximate surface area is 224 Å². The number of piperazine rings is 1. The van der Waals surface area contributed by atoms with Gasteiger partial charge in [0.25, 0.3) is 5.91 Å². The number of Topliss-reactive ketones (excluding diaryl/α,β-unsaturated/α-hetero) is 1. The highest BCUT2D eigenvalue weighted by Crippen LogP contribution is 2.32. The van der Waals surface area contributed by atoms with E-state index < -0.39 is 6.04 Å². The van der Waals surface area contributed by atoms with E-state index in [0.717, 1.165) is 57.8 Å². The minimum atomic E-state index is -0.509. The summed E-state index contributed by atoms with van der Waals surface area (Å²) in [5.41, 5.74) is 1.76. The zero-order valence-electron chi connectivity index (χ0n) is 22.4. The number of likely N-dealkylation sites (tertiary alicyclic amines) is 3. The first-order chi connectivity index (χ1) is 18.4. The summed E-state index contributed by atoms with van der Waals surface area (Å²) in [7, 11) is 0. The topological polar surface area (TPSA) is 105 Å². The Hall–Kier alpha value is -3.14. The van der Waals surface area contributed by atoms with Crippen molar-refractivity contribution in [2.75, 3.05) is 63.8 Å². The maximum absolute atomic E-state index is 13.1. The summed E-state index contributed by atoms with van der Waals surface area (Å²) in [4.78, 5) is 59.0. The van der Waals surface area contributed by atoms with Gasteiger partial charge in [0.2, 0.25) is 5.91 Å². The molecule has 4 amide bonds. The molecule has 0 aliphatic carbocycles. The molecule has 4 saturated heterocycles. The van der Waals surface area contributed by atoms with Gasteiger partial charge in [-0.05, 0) is 55.9 Å². The first-order valence-electron chi connectivity index (χ1n) is 14.1. The zero-order valence-corrected chi connectivity index (χ0v) is 22.4. The number of ketones is 1. The van der Waals surface area contributed by atoms with Gasteiger partial charge in [-0.1, -0.05) is 6.92 Å². The van der Waals surface area contributed by atoms with Gasteiger partial charge in [-0.25, -0.2) is 4.79 Å². The van der Waals surface area contributed by atoms with E-state index in [1.165, 1.54) is 0 Å². The van der Waals surface area contributed by atoms with Crippen molar-refractivity contribution in [1.29, 1.82) is 0 Å². The van der Waals surface area contributed by atoms with Crippen LogP contribution in [0.15, 0.2) is 24.3 Å². The molecule has 4 fully saturated rings. The lowest BCUT2D eigenvalue weighted by molar-refractivity contribution is -0.137. The fraction of sp³-hybridized carbons (Fsp3) is 0.643. The number of rotatable bonds is 7. The third kappa shape index (κ3) is 5.65. The molecule has 0 radical (unpaired) electrons. The lowest BCUT2D eigenvalue weighted by atomic mass is 10.0. The fourth-order valence-electron chi connectivity index (χ4n) is 6.25. The van der Waals surface area contributed by atoms with Crippen molar-refractivity contribution < 1.29 is 19.2 Å². The summed E-state index contributed by atoms with van der Waals surface area (Å²) in [6.45, 7) is 8.45. The van der Waals surface area contributed by atoms with E-state index in [0.29, 0.717) is 37.9 Å². The second-order valence-corrected chi connectivity index (χ2v) is 11.1. The minimum Gasteiger partial charge on any atom is -0.369 e. The molecule has 0 aromatic heterocycles. The van der Waals surface area contributed by atoms with Crippen molar-refractivity contribution in [2.45, 2.75) is 51.1 Å². The number of amides is 4. The number of fused-ring (bicyclic) bond motifs is 1. The third-order valence-corrected chi connectivity index (χ3v) is 8.42. The quantitative estimate of drug-likeness (QED) is 0.557. The molecule has 0 spiro atoms. The van der Waals surface area contributed by atoms with Crippen LogP contribution in [0.4, 0.5) is 10.5 Å². The van der Waals surface area contributed by atoms with Gasteiger partial charge >= 0.3 is 6.03 Å². The van der Waals surface area contributed by atoms with Crippen LogP contribution < -0.4 is 15.5 Å². The molecule has 0 saturated carbocycles. The summed E-state index contributed by atoms with van der Waals surface area (Å²) in [6.07, 6.45) is 3.67. The van der Waals surface area contributed by atoms with E-state index in [1.807, 2.05) is 36.1 Å². The Kier molecular flexibility index (Phi) is 8.16. The molecule has 3 unspecified atom stereocenters.